The van der Waals surface area contributed by atoms with E-state index in [1.807, 2.05) is 91.0 Å². The van der Waals surface area contributed by atoms with Gasteiger partial charge in [-0.2, -0.15) is 0 Å². The molecular weight excluding hydrogens is 577 g/mol. The number of hydrogen-bond donors (Lipinski definition) is 0. The third-order valence-corrected chi connectivity index (χ3v) is 9.65. The van der Waals surface area contributed by atoms with Gasteiger partial charge in [0.25, 0.3) is 0 Å². The van der Waals surface area contributed by atoms with Crippen molar-refractivity contribution in [3.8, 4) is 33.4 Å². The lowest BCUT2D eigenvalue weighted by molar-refractivity contribution is 1.63. The van der Waals surface area contributed by atoms with Crippen LogP contribution in [0.1, 0.15) is 11.0 Å². The Hall–Kier alpha value is -6.24. The van der Waals surface area contributed by atoms with Gasteiger partial charge in [0.15, 0.2) is 0 Å². The van der Waals surface area contributed by atoms with E-state index in [4.69, 9.17) is 5.48 Å². The van der Waals surface area contributed by atoms with Gasteiger partial charge in [0, 0.05) is 0 Å². The van der Waals surface area contributed by atoms with Crippen LogP contribution >= 0.6 is 0 Å². The Balaban J connectivity index is 1.41. The van der Waals surface area contributed by atoms with Crippen molar-refractivity contribution in [1.29, 1.82) is 0 Å². The maximum Gasteiger partial charge on any atom is 0.0629 e. The molecule has 0 saturated heterocycles. The van der Waals surface area contributed by atoms with Crippen molar-refractivity contribution in [2.45, 2.75) is 0 Å². The van der Waals surface area contributed by atoms with Crippen molar-refractivity contribution < 1.29 is 11.0 Å². The number of benzene rings is 10. The highest BCUT2D eigenvalue weighted by Crippen LogP contribution is 2.48. The number of rotatable bonds is 3. The minimum absolute atomic E-state index is 0.198. The molecule has 0 bridgehead atoms. The van der Waals surface area contributed by atoms with Crippen LogP contribution in [0.2, 0.25) is 0 Å². The Kier molecular flexibility index (Phi) is 4.46. The second-order valence-corrected chi connectivity index (χ2v) is 12.2. The largest absolute Gasteiger partial charge is 0.0629 e. The third kappa shape index (κ3) is 4.10. The van der Waals surface area contributed by atoms with Crippen LogP contribution in [0.4, 0.5) is 0 Å². The van der Waals surface area contributed by atoms with E-state index in [1.54, 1.807) is 0 Å². The molecule has 10 aromatic carbocycles. The molecule has 0 fully saturated rings. The summed E-state index contributed by atoms with van der Waals surface area (Å²) in [6, 6.07) is 41.3. The van der Waals surface area contributed by atoms with Crippen LogP contribution in [0, 0.1) is 0 Å². The summed E-state index contributed by atoms with van der Waals surface area (Å²) in [5.74, 6) is 0. The van der Waals surface area contributed by atoms with E-state index in [9.17, 15) is 5.48 Å². The summed E-state index contributed by atoms with van der Waals surface area (Å²) in [4.78, 5) is 0. The molecule has 0 heteroatoms. The van der Waals surface area contributed by atoms with Gasteiger partial charge >= 0.3 is 0 Å². The zero-order valence-electron chi connectivity index (χ0n) is 33.7. The molecule has 10 aromatic rings. The van der Waals surface area contributed by atoms with Gasteiger partial charge in [-0.15, -0.1) is 0 Å². The SMILES string of the molecule is [2H]c1c([2H])c([2H])c2c(-c3c4ccccc4cc4c3ccc3ccccc34)c3c([2H])c([2H])c([2H])c([2H])c3c(-c3ccc(-c4ccc5ccccc5c4)cc3)c2c1[2H]. The molecule has 0 amide bonds. The molecule has 10 rings (SSSR count). The fourth-order valence-electron chi connectivity index (χ4n) is 7.45. The van der Waals surface area contributed by atoms with Crippen LogP contribution in [-0.2, 0) is 0 Å². The maximum absolute atomic E-state index is 9.55. The van der Waals surface area contributed by atoms with Crippen molar-refractivity contribution in [2.24, 2.45) is 0 Å². The van der Waals surface area contributed by atoms with Crippen LogP contribution < -0.4 is 0 Å². The van der Waals surface area contributed by atoms with Crippen LogP contribution in [-0.4, -0.2) is 0 Å². The van der Waals surface area contributed by atoms with E-state index in [2.05, 4.69) is 42.5 Å². The Labute approximate surface area is 290 Å². The normalized spacial score (nSPS) is 14.1. The molecule has 0 aliphatic carbocycles. The Morgan fingerprint density at radius 3 is 1.48 bits per heavy atom. The fraction of sp³-hybridized carbons (Fsp3) is 0. The molecule has 0 N–H and O–H groups in total. The Morgan fingerprint density at radius 2 is 0.771 bits per heavy atom. The minimum Gasteiger partial charge on any atom is -0.0616 e. The predicted molar refractivity (Wildman–Crippen MR) is 208 cm³/mol. The lowest BCUT2D eigenvalue weighted by Gasteiger charge is -2.21. The van der Waals surface area contributed by atoms with Crippen LogP contribution in [0.15, 0.2) is 182 Å². The molecule has 0 spiro atoms. The molecule has 0 aliphatic rings. The molecule has 0 nitrogen and oxygen atoms in total. The average Bonchev–Trinajstić information content (AvgIpc) is 3.24. The second-order valence-electron chi connectivity index (χ2n) is 12.2. The van der Waals surface area contributed by atoms with Crippen LogP contribution in [0.5, 0.6) is 0 Å². The van der Waals surface area contributed by atoms with Crippen LogP contribution in [0.3, 0.4) is 0 Å². The third-order valence-electron chi connectivity index (χ3n) is 9.65. The molecular formula is C48H30. The number of fused-ring (bicyclic) bond motifs is 7. The van der Waals surface area contributed by atoms with Crippen LogP contribution in [0.25, 0.3) is 98.0 Å². The first-order chi connectivity index (χ1) is 27.1. The molecule has 0 aromatic heterocycles. The van der Waals surface area contributed by atoms with E-state index in [0.717, 1.165) is 54.2 Å². The van der Waals surface area contributed by atoms with Gasteiger partial charge in [-0.1, -0.05) is 170 Å². The topological polar surface area (TPSA) is 0 Å². The smallest absolute Gasteiger partial charge is 0.0616 e. The van der Waals surface area contributed by atoms with Gasteiger partial charge < -0.3 is 0 Å². The predicted octanol–water partition coefficient (Wildman–Crippen LogP) is 13.6. The zero-order chi connectivity index (χ0) is 38.6. The monoisotopic (exact) mass is 614 g/mol. The summed E-state index contributed by atoms with van der Waals surface area (Å²) in [6.07, 6.45) is 0. The van der Waals surface area contributed by atoms with Crippen molar-refractivity contribution >= 4 is 64.6 Å². The number of hydrogen-bond acceptors (Lipinski definition) is 0. The zero-order valence-corrected chi connectivity index (χ0v) is 25.7. The quantitative estimate of drug-likeness (QED) is 0.137. The second kappa shape index (κ2) is 10.7. The standard InChI is InChI=1S/C48H30/c1-2-13-35-29-36(26-23-31(35)11-1)32-21-24-34(25-22-32)46-40-17-7-9-19-42(40)48(43-20-10-8-18-41(43)46)47-39-16-6-4-14-37(39)30-45-38-15-5-3-12-33(38)27-28-44(45)47/h1-30H/i7D,8D,9D,10D,17D,18D,19D,20D. The Morgan fingerprint density at radius 1 is 0.271 bits per heavy atom. The van der Waals surface area contributed by atoms with E-state index < -0.39 is 24.2 Å². The van der Waals surface area contributed by atoms with E-state index in [0.29, 0.717) is 22.3 Å². The molecule has 0 unspecified atom stereocenters. The lowest BCUT2D eigenvalue weighted by atomic mass is 9.82. The summed E-state index contributed by atoms with van der Waals surface area (Å²) in [7, 11) is 0. The average molecular weight is 615 g/mol. The van der Waals surface area contributed by atoms with E-state index in [-0.39, 0.29) is 45.7 Å². The van der Waals surface area contributed by atoms with Gasteiger partial charge in [0.1, 0.15) is 0 Å². The summed E-state index contributed by atoms with van der Waals surface area (Å²) in [5.41, 5.74) is 3.83. The molecule has 0 radical (unpaired) electrons. The molecule has 0 saturated carbocycles. The maximum atomic E-state index is 9.55. The first kappa shape index (κ1) is 20.1. The van der Waals surface area contributed by atoms with Crippen molar-refractivity contribution in [3.05, 3.63) is 182 Å². The highest BCUT2D eigenvalue weighted by atomic mass is 14.2. The Bertz CT molecular complexity index is 3250. The summed E-state index contributed by atoms with van der Waals surface area (Å²) in [6.45, 7) is 0. The minimum atomic E-state index is -0.420. The summed E-state index contributed by atoms with van der Waals surface area (Å²) >= 11 is 0. The highest BCUT2D eigenvalue weighted by Gasteiger charge is 2.20. The molecule has 222 valence electrons. The van der Waals surface area contributed by atoms with Crippen molar-refractivity contribution in [2.75, 3.05) is 0 Å². The van der Waals surface area contributed by atoms with E-state index in [1.165, 1.54) is 0 Å². The molecule has 0 atom stereocenters. The van der Waals surface area contributed by atoms with Crippen molar-refractivity contribution in [3.63, 3.8) is 0 Å². The van der Waals surface area contributed by atoms with Crippen molar-refractivity contribution in [1.82, 2.24) is 0 Å². The first-order valence-corrected chi connectivity index (χ1v) is 16.0. The summed E-state index contributed by atoms with van der Waals surface area (Å²) < 4.78 is 73.7. The highest BCUT2D eigenvalue weighted by molar-refractivity contribution is 6.29. The van der Waals surface area contributed by atoms with Gasteiger partial charge in [-0.25, -0.2) is 0 Å². The first-order valence-electron chi connectivity index (χ1n) is 20.0. The van der Waals surface area contributed by atoms with E-state index >= 15 is 0 Å². The van der Waals surface area contributed by atoms with Gasteiger partial charge in [0.05, 0.1) is 11.0 Å². The fourth-order valence-corrected chi connectivity index (χ4v) is 7.45. The van der Waals surface area contributed by atoms with Gasteiger partial charge in [0.2, 0.25) is 0 Å². The molecule has 48 heavy (non-hydrogen) atoms. The summed E-state index contributed by atoms with van der Waals surface area (Å²) in [5, 5.41) is 8.47. The lowest BCUT2D eigenvalue weighted by Crippen LogP contribution is -1.93. The van der Waals surface area contributed by atoms with Gasteiger partial charge in [-0.05, 0) is 110 Å². The molecule has 0 heterocycles. The van der Waals surface area contributed by atoms with Gasteiger partial charge in [-0.3, -0.25) is 0 Å². The molecule has 0 aliphatic heterocycles.